The SMILES string of the molecule is Cc1ccc(C)c(CC(=O)NCCc2ccc(S(N)(=O)=O)cc2)c1. The van der Waals surface area contributed by atoms with E-state index in [4.69, 9.17) is 5.14 Å². The predicted octanol–water partition coefficient (Wildman–Crippen LogP) is 1.85. The van der Waals surface area contributed by atoms with E-state index in [1.54, 1.807) is 12.1 Å². The number of benzene rings is 2. The Labute approximate surface area is 142 Å². The van der Waals surface area contributed by atoms with E-state index in [9.17, 15) is 13.2 Å². The Morgan fingerprint density at radius 2 is 1.75 bits per heavy atom. The smallest absolute Gasteiger partial charge is 0.238 e. The van der Waals surface area contributed by atoms with Gasteiger partial charge in [-0.15, -0.1) is 0 Å². The van der Waals surface area contributed by atoms with Crippen LogP contribution >= 0.6 is 0 Å². The quantitative estimate of drug-likeness (QED) is 0.836. The van der Waals surface area contributed by atoms with Gasteiger partial charge in [0.25, 0.3) is 0 Å². The van der Waals surface area contributed by atoms with Crippen molar-refractivity contribution in [2.24, 2.45) is 5.14 Å². The van der Waals surface area contributed by atoms with Gasteiger partial charge in [-0.1, -0.05) is 35.9 Å². The average molecular weight is 346 g/mol. The molecule has 6 heteroatoms. The number of aryl methyl sites for hydroxylation is 2. The van der Waals surface area contributed by atoms with Gasteiger partial charge in [0.15, 0.2) is 0 Å². The van der Waals surface area contributed by atoms with Gasteiger partial charge < -0.3 is 5.32 Å². The molecule has 0 saturated heterocycles. The van der Waals surface area contributed by atoms with Gasteiger partial charge in [0.2, 0.25) is 15.9 Å². The van der Waals surface area contributed by atoms with Crippen molar-refractivity contribution in [3.8, 4) is 0 Å². The van der Waals surface area contributed by atoms with Crippen LogP contribution in [0.1, 0.15) is 22.3 Å². The number of nitrogens with two attached hydrogens (primary N) is 1. The van der Waals surface area contributed by atoms with Crippen molar-refractivity contribution in [1.82, 2.24) is 5.32 Å². The highest BCUT2D eigenvalue weighted by molar-refractivity contribution is 7.89. The molecule has 0 radical (unpaired) electrons. The number of primary sulfonamides is 1. The Morgan fingerprint density at radius 1 is 1.08 bits per heavy atom. The van der Waals surface area contributed by atoms with Gasteiger partial charge in [-0.3, -0.25) is 4.79 Å². The van der Waals surface area contributed by atoms with Crippen LogP contribution in [-0.2, 0) is 27.7 Å². The molecule has 0 bridgehead atoms. The number of sulfonamides is 1. The highest BCUT2D eigenvalue weighted by Gasteiger charge is 2.08. The first-order chi connectivity index (χ1) is 11.3. The van der Waals surface area contributed by atoms with Gasteiger partial charge in [0, 0.05) is 6.54 Å². The van der Waals surface area contributed by atoms with Gasteiger partial charge in [-0.2, -0.15) is 0 Å². The van der Waals surface area contributed by atoms with Crippen LogP contribution in [0.5, 0.6) is 0 Å². The molecule has 2 aromatic rings. The second-order valence-corrected chi connectivity index (χ2v) is 7.46. The lowest BCUT2D eigenvalue weighted by Gasteiger charge is -2.09. The molecule has 0 heterocycles. The van der Waals surface area contributed by atoms with Crippen molar-refractivity contribution in [2.45, 2.75) is 31.6 Å². The molecule has 0 unspecified atom stereocenters. The van der Waals surface area contributed by atoms with Crippen molar-refractivity contribution in [2.75, 3.05) is 6.54 Å². The summed E-state index contributed by atoms with van der Waals surface area (Å²) in [5, 5.41) is 7.95. The van der Waals surface area contributed by atoms with Gasteiger partial charge in [0.1, 0.15) is 0 Å². The average Bonchev–Trinajstić information content (AvgIpc) is 2.50. The lowest BCUT2D eigenvalue weighted by Crippen LogP contribution is -2.27. The molecular formula is C18H22N2O3S. The van der Waals surface area contributed by atoms with Crippen LogP contribution in [0.15, 0.2) is 47.4 Å². The zero-order valence-electron chi connectivity index (χ0n) is 13.9. The number of carbonyl (C=O) groups is 1. The van der Waals surface area contributed by atoms with Crippen LogP contribution in [0.3, 0.4) is 0 Å². The normalized spacial score (nSPS) is 11.3. The molecule has 24 heavy (non-hydrogen) atoms. The van der Waals surface area contributed by atoms with Crippen LogP contribution < -0.4 is 10.5 Å². The number of amides is 1. The minimum atomic E-state index is -3.67. The highest BCUT2D eigenvalue weighted by Crippen LogP contribution is 2.11. The first-order valence-corrected chi connectivity index (χ1v) is 9.25. The van der Waals surface area contributed by atoms with Crippen molar-refractivity contribution in [1.29, 1.82) is 0 Å². The van der Waals surface area contributed by atoms with E-state index in [1.165, 1.54) is 12.1 Å². The third-order valence-corrected chi connectivity index (χ3v) is 4.77. The maximum Gasteiger partial charge on any atom is 0.238 e. The van der Waals surface area contributed by atoms with Crippen LogP contribution in [-0.4, -0.2) is 20.9 Å². The van der Waals surface area contributed by atoms with Crippen LogP contribution in [0.2, 0.25) is 0 Å². The molecular weight excluding hydrogens is 324 g/mol. The number of hydrogen-bond acceptors (Lipinski definition) is 3. The molecule has 2 rings (SSSR count). The van der Waals surface area contributed by atoms with E-state index in [0.717, 1.165) is 22.3 Å². The monoisotopic (exact) mass is 346 g/mol. The van der Waals surface area contributed by atoms with E-state index < -0.39 is 10.0 Å². The minimum Gasteiger partial charge on any atom is -0.355 e. The zero-order chi connectivity index (χ0) is 17.7. The van der Waals surface area contributed by atoms with Gasteiger partial charge in [-0.05, 0) is 49.1 Å². The molecule has 0 atom stereocenters. The molecule has 0 spiro atoms. The Hall–Kier alpha value is -2.18. The van der Waals surface area contributed by atoms with Crippen LogP contribution in [0.4, 0.5) is 0 Å². The van der Waals surface area contributed by atoms with Crippen molar-refractivity contribution < 1.29 is 13.2 Å². The Kier molecular flexibility index (Phi) is 5.75. The Balaban J connectivity index is 1.85. The summed E-state index contributed by atoms with van der Waals surface area (Å²) in [5.74, 6) is -0.0233. The van der Waals surface area contributed by atoms with Gasteiger partial charge in [0.05, 0.1) is 11.3 Å². The maximum atomic E-state index is 12.0. The molecule has 0 saturated carbocycles. The van der Waals surface area contributed by atoms with E-state index in [-0.39, 0.29) is 10.8 Å². The minimum absolute atomic E-state index is 0.0233. The number of hydrogen-bond donors (Lipinski definition) is 2. The largest absolute Gasteiger partial charge is 0.355 e. The van der Waals surface area contributed by atoms with E-state index in [2.05, 4.69) is 5.32 Å². The second kappa shape index (κ2) is 7.59. The second-order valence-electron chi connectivity index (χ2n) is 5.90. The lowest BCUT2D eigenvalue weighted by molar-refractivity contribution is -0.120. The van der Waals surface area contributed by atoms with E-state index in [0.29, 0.717) is 19.4 Å². The van der Waals surface area contributed by atoms with E-state index >= 15 is 0 Å². The summed E-state index contributed by atoms with van der Waals surface area (Å²) in [5.41, 5.74) is 4.21. The number of rotatable bonds is 6. The molecule has 1 amide bonds. The summed E-state index contributed by atoms with van der Waals surface area (Å²) in [6.45, 7) is 4.50. The highest BCUT2D eigenvalue weighted by atomic mass is 32.2. The molecule has 0 aliphatic carbocycles. The van der Waals surface area contributed by atoms with Crippen LogP contribution in [0, 0.1) is 13.8 Å². The Morgan fingerprint density at radius 3 is 2.38 bits per heavy atom. The fourth-order valence-corrected chi connectivity index (χ4v) is 2.93. The van der Waals surface area contributed by atoms with Crippen molar-refractivity contribution in [3.63, 3.8) is 0 Å². The topological polar surface area (TPSA) is 89.3 Å². The maximum absolute atomic E-state index is 12.0. The summed E-state index contributed by atoms with van der Waals surface area (Å²) >= 11 is 0. The molecule has 0 fully saturated rings. The first-order valence-electron chi connectivity index (χ1n) is 7.70. The molecule has 128 valence electrons. The van der Waals surface area contributed by atoms with Crippen LogP contribution in [0.25, 0.3) is 0 Å². The van der Waals surface area contributed by atoms with Crippen molar-refractivity contribution in [3.05, 3.63) is 64.7 Å². The molecule has 2 aromatic carbocycles. The predicted molar refractivity (Wildman–Crippen MR) is 94.1 cm³/mol. The van der Waals surface area contributed by atoms with E-state index in [1.807, 2.05) is 32.0 Å². The molecule has 5 nitrogen and oxygen atoms in total. The summed E-state index contributed by atoms with van der Waals surface area (Å²) in [7, 11) is -3.67. The Bertz CT molecular complexity index is 828. The number of nitrogens with one attached hydrogen (secondary N) is 1. The molecule has 0 aliphatic rings. The summed E-state index contributed by atoms with van der Waals surface area (Å²) in [6.07, 6.45) is 0.987. The van der Waals surface area contributed by atoms with Gasteiger partial charge >= 0.3 is 0 Å². The summed E-state index contributed by atoms with van der Waals surface area (Å²) in [6, 6.07) is 12.4. The molecule has 0 aromatic heterocycles. The third kappa shape index (κ3) is 5.18. The number of carbonyl (C=O) groups excluding carboxylic acids is 1. The van der Waals surface area contributed by atoms with Crippen molar-refractivity contribution >= 4 is 15.9 Å². The standard InChI is InChI=1S/C18H22N2O3S/c1-13-3-4-14(2)16(11-13)12-18(21)20-10-9-15-5-7-17(8-6-15)24(19,22)23/h3-8,11H,9-10,12H2,1-2H3,(H,20,21)(H2,19,22,23). The first kappa shape index (κ1) is 18.2. The summed E-state index contributed by atoms with van der Waals surface area (Å²) < 4.78 is 22.4. The zero-order valence-corrected chi connectivity index (χ0v) is 14.7. The fourth-order valence-electron chi connectivity index (χ4n) is 2.42. The van der Waals surface area contributed by atoms with Gasteiger partial charge in [-0.25, -0.2) is 13.6 Å². The summed E-state index contributed by atoms with van der Waals surface area (Å²) in [4.78, 5) is 12.1. The molecule has 0 aliphatic heterocycles. The molecule has 3 N–H and O–H groups in total. The third-order valence-electron chi connectivity index (χ3n) is 3.84. The lowest BCUT2D eigenvalue weighted by atomic mass is 10.0. The fraction of sp³-hybridized carbons (Fsp3) is 0.278.